The zero-order valence-electron chi connectivity index (χ0n) is 13.2. The number of hydrogen-bond donors (Lipinski definition) is 1. The summed E-state index contributed by atoms with van der Waals surface area (Å²) < 4.78 is 2.03. The van der Waals surface area contributed by atoms with Crippen LogP contribution in [0.1, 0.15) is 24.8 Å². The molecular weight excluding hydrogens is 310 g/mol. The number of nitrogens with two attached hydrogens (primary N) is 1. The third-order valence-electron chi connectivity index (χ3n) is 3.89. The molecule has 1 aromatic heterocycles. The number of aryl methyl sites for hydroxylation is 1. The Hall–Kier alpha value is -2.02. The highest BCUT2D eigenvalue weighted by atomic mass is 32.2. The fourth-order valence-electron chi connectivity index (χ4n) is 2.71. The van der Waals surface area contributed by atoms with Crippen LogP contribution in [0.3, 0.4) is 0 Å². The van der Waals surface area contributed by atoms with Crippen molar-refractivity contribution in [3.05, 3.63) is 29.8 Å². The molecule has 1 fully saturated rings. The average Bonchev–Trinajstić information content (AvgIpc) is 2.98. The molecule has 6 nitrogen and oxygen atoms in total. The second-order valence-electron chi connectivity index (χ2n) is 5.76. The lowest BCUT2D eigenvalue weighted by atomic mass is 10.1. The van der Waals surface area contributed by atoms with Crippen LogP contribution in [-0.2, 0) is 4.79 Å². The second kappa shape index (κ2) is 7.04. The summed E-state index contributed by atoms with van der Waals surface area (Å²) in [6, 6.07) is 8.25. The molecule has 0 spiro atoms. The smallest absolute Gasteiger partial charge is 0.232 e. The van der Waals surface area contributed by atoms with Crippen molar-refractivity contribution in [3.63, 3.8) is 0 Å². The number of carbonyl (C=O) groups is 1. The Morgan fingerprint density at radius 3 is 2.52 bits per heavy atom. The van der Waals surface area contributed by atoms with Gasteiger partial charge in [-0.25, -0.2) is 0 Å². The monoisotopic (exact) mass is 331 g/mol. The molecule has 122 valence electrons. The number of carbonyl (C=O) groups excluding carboxylic acids is 1. The molecule has 1 aliphatic rings. The Kier molecular flexibility index (Phi) is 4.85. The normalized spacial score (nSPS) is 14.9. The molecule has 7 heteroatoms. The lowest BCUT2D eigenvalue weighted by molar-refractivity contribution is -0.115. The number of amides is 1. The van der Waals surface area contributed by atoms with Gasteiger partial charge in [0.05, 0.1) is 11.4 Å². The quantitative estimate of drug-likeness (QED) is 0.850. The van der Waals surface area contributed by atoms with Gasteiger partial charge in [-0.05, 0) is 38.3 Å². The zero-order valence-corrected chi connectivity index (χ0v) is 14.1. The molecule has 1 aromatic carbocycles. The van der Waals surface area contributed by atoms with Crippen LogP contribution in [0.15, 0.2) is 29.4 Å². The highest BCUT2D eigenvalue weighted by molar-refractivity contribution is 7.99. The standard InChI is InChI=1S/C16H21N5OS/c1-12-5-7-13(8-6-12)21-15(20-9-3-2-4-10-20)18-19-16(21)23-11-14(17)22/h5-8H,2-4,9-11H2,1H3,(H2,17,22). The lowest BCUT2D eigenvalue weighted by Crippen LogP contribution is -2.31. The Bertz CT molecular complexity index is 676. The van der Waals surface area contributed by atoms with Gasteiger partial charge in [0.15, 0.2) is 5.16 Å². The minimum Gasteiger partial charge on any atom is -0.369 e. The summed E-state index contributed by atoms with van der Waals surface area (Å²) in [7, 11) is 0. The van der Waals surface area contributed by atoms with Crippen molar-refractivity contribution in [3.8, 4) is 5.69 Å². The zero-order chi connectivity index (χ0) is 16.2. The summed E-state index contributed by atoms with van der Waals surface area (Å²) in [5.41, 5.74) is 7.48. The fraction of sp³-hybridized carbons (Fsp3) is 0.438. The Morgan fingerprint density at radius 1 is 1.17 bits per heavy atom. The molecule has 1 aliphatic heterocycles. The van der Waals surface area contributed by atoms with E-state index in [0.29, 0.717) is 5.16 Å². The molecule has 3 rings (SSSR count). The van der Waals surface area contributed by atoms with Gasteiger partial charge in [0.2, 0.25) is 11.9 Å². The van der Waals surface area contributed by atoms with Crippen LogP contribution in [0.2, 0.25) is 0 Å². The van der Waals surface area contributed by atoms with Gasteiger partial charge < -0.3 is 10.6 Å². The highest BCUT2D eigenvalue weighted by Gasteiger charge is 2.21. The number of anilines is 1. The maximum absolute atomic E-state index is 11.1. The number of rotatable bonds is 5. The number of benzene rings is 1. The topological polar surface area (TPSA) is 77.0 Å². The average molecular weight is 331 g/mol. The molecule has 1 amide bonds. The van der Waals surface area contributed by atoms with Gasteiger partial charge >= 0.3 is 0 Å². The summed E-state index contributed by atoms with van der Waals surface area (Å²) in [6.45, 7) is 4.04. The number of hydrogen-bond acceptors (Lipinski definition) is 5. The molecule has 23 heavy (non-hydrogen) atoms. The van der Waals surface area contributed by atoms with Gasteiger partial charge in [-0.1, -0.05) is 29.5 Å². The van der Waals surface area contributed by atoms with Crippen LogP contribution in [-0.4, -0.2) is 39.5 Å². The maximum Gasteiger partial charge on any atom is 0.232 e. The molecule has 0 radical (unpaired) electrons. The van der Waals surface area contributed by atoms with E-state index >= 15 is 0 Å². The Balaban J connectivity index is 1.98. The molecule has 2 N–H and O–H groups in total. The van der Waals surface area contributed by atoms with E-state index in [-0.39, 0.29) is 11.7 Å². The Morgan fingerprint density at radius 2 is 1.87 bits per heavy atom. The molecular formula is C16H21N5OS. The predicted molar refractivity (Wildman–Crippen MR) is 92.1 cm³/mol. The number of nitrogens with zero attached hydrogens (tertiary/aromatic N) is 4. The van der Waals surface area contributed by atoms with E-state index in [2.05, 4.69) is 46.3 Å². The van der Waals surface area contributed by atoms with E-state index in [9.17, 15) is 4.79 Å². The minimum atomic E-state index is -0.354. The largest absolute Gasteiger partial charge is 0.369 e. The first kappa shape index (κ1) is 15.9. The van der Waals surface area contributed by atoms with E-state index in [0.717, 1.165) is 24.7 Å². The molecule has 1 saturated heterocycles. The van der Waals surface area contributed by atoms with Gasteiger partial charge in [-0.15, -0.1) is 10.2 Å². The van der Waals surface area contributed by atoms with Gasteiger partial charge in [-0.2, -0.15) is 0 Å². The first-order valence-electron chi connectivity index (χ1n) is 7.83. The molecule has 0 bridgehead atoms. The molecule has 2 heterocycles. The van der Waals surface area contributed by atoms with Gasteiger partial charge in [0.1, 0.15) is 0 Å². The molecule has 0 atom stereocenters. The first-order valence-corrected chi connectivity index (χ1v) is 8.82. The maximum atomic E-state index is 11.1. The molecule has 2 aromatic rings. The van der Waals surface area contributed by atoms with Crippen LogP contribution in [0.5, 0.6) is 0 Å². The number of piperidine rings is 1. The van der Waals surface area contributed by atoms with Crippen molar-refractivity contribution in [1.29, 1.82) is 0 Å². The van der Waals surface area contributed by atoms with E-state index in [1.54, 1.807) is 0 Å². The van der Waals surface area contributed by atoms with Crippen LogP contribution in [0, 0.1) is 6.92 Å². The molecule has 0 aliphatic carbocycles. The van der Waals surface area contributed by atoms with Crippen molar-refractivity contribution in [1.82, 2.24) is 14.8 Å². The minimum absolute atomic E-state index is 0.198. The summed E-state index contributed by atoms with van der Waals surface area (Å²) in [5.74, 6) is 0.692. The first-order chi connectivity index (χ1) is 11.1. The number of thioether (sulfide) groups is 1. The third-order valence-corrected chi connectivity index (χ3v) is 4.84. The van der Waals surface area contributed by atoms with Crippen LogP contribution < -0.4 is 10.6 Å². The second-order valence-corrected chi connectivity index (χ2v) is 6.70. The van der Waals surface area contributed by atoms with Crippen molar-refractivity contribution in [2.24, 2.45) is 5.73 Å². The Labute approximate surface area is 140 Å². The van der Waals surface area contributed by atoms with Crippen molar-refractivity contribution in [2.75, 3.05) is 23.7 Å². The highest BCUT2D eigenvalue weighted by Crippen LogP contribution is 2.28. The van der Waals surface area contributed by atoms with Gasteiger partial charge in [-0.3, -0.25) is 9.36 Å². The van der Waals surface area contributed by atoms with Crippen LogP contribution >= 0.6 is 11.8 Å². The fourth-order valence-corrected chi connectivity index (χ4v) is 3.40. The summed E-state index contributed by atoms with van der Waals surface area (Å²) in [4.78, 5) is 13.4. The SMILES string of the molecule is Cc1ccc(-n2c(SCC(N)=O)nnc2N2CCCCC2)cc1. The third kappa shape index (κ3) is 3.67. The van der Waals surface area contributed by atoms with E-state index in [1.165, 1.54) is 36.6 Å². The van der Waals surface area contributed by atoms with Gasteiger partial charge in [0, 0.05) is 13.1 Å². The summed E-state index contributed by atoms with van der Waals surface area (Å²) >= 11 is 1.33. The number of aromatic nitrogens is 3. The van der Waals surface area contributed by atoms with Gasteiger partial charge in [0.25, 0.3) is 0 Å². The van der Waals surface area contributed by atoms with E-state index < -0.39 is 0 Å². The van der Waals surface area contributed by atoms with Crippen molar-refractivity contribution >= 4 is 23.6 Å². The molecule has 0 saturated carbocycles. The van der Waals surface area contributed by atoms with Crippen LogP contribution in [0.25, 0.3) is 5.69 Å². The predicted octanol–water partition coefficient (Wildman–Crippen LogP) is 2.14. The number of primary amides is 1. The van der Waals surface area contributed by atoms with E-state index in [4.69, 9.17) is 5.73 Å². The molecule has 0 unspecified atom stereocenters. The lowest BCUT2D eigenvalue weighted by Gasteiger charge is -2.27. The van der Waals surface area contributed by atoms with Crippen molar-refractivity contribution < 1.29 is 4.79 Å². The summed E-state index contributed by atoms with van der Waals surface area (Å²) in [5, 5.41) is 9.37. The van der Waals surface area contributed by atoms with E-state index in [1.807, 2.05) is 4.57 Å². The van der Waals surface area contributed by atoms with Crippen LogP contribution in [0.4, 0.5) is 5.95 Å². The van der Waals surface area contributed by atoms with Crippen molar-refractivity contribution in [2.45, 2.75) is 31.3 Å². The summed E-state index contributed by atoms with van der Waals surface area (Å²) in [6.07, 6.45) is 3.60.